The Kier molecular flexibility index (Phi) is 6.67. The molecule has 14 heteroatoms. The van der Waals surface area contributed by atoms with Gasteiger partial charge >= 0.3 is 0 Å². The molecule has 3 aliphatic rings. The molecule has 226 valence electrons. The van der Waals surface area contributed by atoms with E-state index >= 15 is 0 Å². The maximum Gasteiger partial charge on any atom is 0.270 e. The zero-order chi connectivity index (χ0) is 31.7. The van der Waals surface area contributed by atoms with Gasteiger partial charge in [0.15, 0.2) is 11.4 Å². The van der Waals surface area contributed by atoms with Crippen LogP contribution < -0.4 is 15.5 Å². The largest absolute Gasteiger partial charge is 0.394 e. The fourth-order valence-electron chi connectivity index (χ4n) is 6.12. The molecular weight excluding hydrogens is 624 g/mol. The number of fused-ring (bicyclic) bond motifs is 4. The third-order valence-electron chi connectivity index (χ3n) is 8.54. The third kappa shape index (κ3) is 4.30. The van der Waals surface area contributed by atoms with E-state index in [0.29, 0.717) is 29.7 Å². The van der Waals surface area contributed by atoms with Crippen molar-refractivity contribution in [1.82, 2.24) is 25.2 Å². The topological polar surface area (TPSA) is 153 Å². The summed E-state index contributed by atoms with van der Waals surface area (Å²) in [5, 5.41) is 24.5. The molecular formula is C31H22Cl2FN7O4. The van der Waals surface area contributed by atoms with E-state index in [1.807, 2.05) is 6.07 Å². The van der Waals surface area contributed by atoms with Crippen LogP contribution in [0.3, 0.4) is 0 Å². The van der Waals surface area contributed by atoms with Gasteiger partial charge in [-0.15, -0.1) is 0 Å². The number of halogens is 3. The van der Waals surface area contributed by atoms with Gasteiger partial charge in [-0.05, 0) is 60.4 Å². The van der Waals surface area contributed by atoms with Crippen LogP contribution in [0.25, 0.3) is 0 Å². The number of aliphatic hydroxyl groups is 1. The van der Waals surface area contributed by atoms with Crippen molar-refractivity contribution < 1.29 is 23.9 Å². The highest BCUT2D eigenvalue weighted by atomic mass is 35.5. The molecule has 1 aliphatic heterocycles. The quantitative estimate of drug-likeness (QED) is 0.260. The van der Waals surface area contributed by atoms with Gasteiger partial charge in [-0.1, -0.05) is 35.3 Å². The lowest BCUT2D eigenvalue weighted by atomic mass is 9.69. The number of amides is 3. The average molecular weight is 646 g/mol. The van der Waals surface area contributed by atoms with Crippen molar-refractivity contribution in [3.8, 4) is 6.07 Å². The number of nitrogens with zero attached hydrogens (tertiary/aromatic N) is 5. The molecule has 0 bridgehead atoms. The molecule has 0 unspecified atom stereocenters. The molecule has 3 N–H and O–H groups in total. The number of imidazole rings is 1. The van der Waals surface area contributed by atoms with E-state index in [1.54, 1.807) is 36.5 Å². The highest BCUT2D eigenvalue weighted by Crippen LogP contribution is 2.53. The van der Waals surface area contributed by atoms with Gasteiger partial charge in [-0.3, -0.25) is 23.9 Å². The molecule has 3 amide bonds. The first kappa shape index (κ1) is 28.9. The zero-order valence-electron chi connectivity index (χ0n) is 23.2. The average Bonchev–Trinajstić information content (AvgIpc) is 3.61. The summed E-state index contributed by atoms with van der Waals surface area (Å²) >= 11 is 12.1. The van der Waals surface area contributed by atoms with Crippen LogP contribution in [0.15, 0.2) is 60.9 Å². The Balaban J connectivity index is 1.26. The summed E-state index contributed by atoms with van der Waals surface area (Å²) in [6.07, 6.45) is 4.33. The second-order valence-corrected chi connectivity index (χ2v) is 12.0. The monoisotopic (exact) mass is 645 g/mol. The maximum absolute atomic E-state index is 14.3. The number of pyridine rings is 1. The normalized spacial score (nSPS) is 19.3. The van der Waals surface area contributed by atoms with Crippen molar-refractivity contribution in [2.75, 3.05) is 11.5 Å². The molecule has 45 heavy (non-hydrogen) atoms. The van der Waals surface area contributed by atoms with Crippen LogP contribution in [-0.2, 0) is 27.1 Å². The van der Waals surface area contributed by atoms with Crippen LogP contribution in [-0.4, -0.2) is 50.0 Å². The number of benzene rings is 2. The summed E-state index contributed by atoms with van der Waals surface area (Å²) in [6.45, 7) is -0.700. The van der Waals surface area contributed by atoms with E-state index < -0.39 is 47.3 Å². The minimum absolute atomic E-state index is 0.0222. The van der Waals surface area contributed by atoms with Crippen molar-refractivity contribution in [2.45, 2.75) is 36.4 Å². The summed E-state index contributed by atoms with van der Waals surface area (Å²) in [5.41, 5.74) is 0.125. The number of hydrogen-bond donors (Lipinski definition) is 3. The number of aromatic nitrogens is 3. The molecule has 1 spiro atoms. The van der Waals surface area contributed by atoms with E-state index in [-0.39, 0.29) is 33.8 Å². The minimum atomic E-state index is -1.48. The van der Waals surface area contributed by atoms with Crippen molar-refractivity contribution in [3.63, 3.8) is 0 Å². The van der Waals surface area contributed by atoms with E-state index in [1.165, 1.54) is 27.8 Å². The number of hydrogen-bond acceptors (Lipinski definition) is 7. The summed E-state index contributed by atoms with van der Waals surface area (Å²) in [6, 6.07) is 13.5. The van der Waals surface area contributed by atoms with Gasteiger partial charge in [0.2, 0.25) is 11.9 Å². The Morgan fingerprint density at radius 3 is 2.53 bits per heavy atom. The summed E-state index contributed by atoms with van der Waals surface area (Å²) in [7, 11) is 0. The zero-order valence-corrected chi connectivity index (χ0v) is 24.7. The van der Waals surface area contributed by atoms with Gasteiger partial charge in [0, 0.05) is 12.6 Å². The molecule has 0 radical (unpaired) electrons. The lowest BCUT2D eigenvalue weighted by Gasteiger charge is -2.41. The Bertz CT molecular complexity index is 1950. The van der Waals surface area contributed by atoms with Gasteiger partial charge < -0.3 is 15.7 Å². The first-order chi connectivity index (χ1) is 21.6. The van der Waals surface area contributed by atoms with Crippen LogP contribution in [0.5, 0.6) is 0 Å². The van der Waals surface area contributed by atoms with E-state index in [2.05, 4.69) is 26.7 Å². The van der Waals surface area contributed by atoms with Gasteiger partial charge in [-0.25, -0.2) is 14.3 Å². The SMILES string of the molecule is N#Cc1ccc2c(c1)[C@@]1(C2)C(=O)N(c2cc(Cl)c(F)c(Cl)c2)c2ncc(C(=O)N[C@@H](CO)C(=O)NC3(c4ccccn4)CC3)n21. The van der Waals surface area contributed by atoms with Crippen molar-refractivity contribution in [1.29, 1.82) is 5.26 Å². The predicted molar refractivity (Wildman–Crippen MR) is 159 cm³/mol. The Hall–Kier alpha value is -4.83. The molecule has 1 saturated carbocycles. The van der Waals surface area contributed by atoms with Crippen LogP contribution in [0.1, 0.15) is 45.7 Å². The predicted octanol–water partition coefficient (Wildman–Crippen LogP) is 3.47. The third-order valence-corrected chi connectivity index (χ3v) is 9.09. The number of rotatable bonds is 7. The number of carbonyl (C=O) groups is 3. The van der Waals surface area contributed by atoms with E-state index in [4.69, 9.17) is 23.2 Å². The van der Waals surface area contributed by atoms with Crippen LogP contribution >= 0.6 is 23.2 Å². The van der Waals surface area contributed by atoms with Crippen LogP contribution in [0.2, 0.25) is 10.0 Å². The molecule has 0 saturated heterocycles. The van der Waals surface area contributed by atoms with Crippen molar-refractivity contribution in [3.05, 3.63) is 105 Å². The van der Waals surface area contributed by atoms with E-state index in [0.717, 1.165) is 5.56 Å². The number of anilines is 2. The van der Waals surface area contributed by atoms with Crippen molar-refractivity contribution >= 4 is 52.6 Å². The van der Waals surface area contributed by atoms with Gasteiger partial charge in [-0.2, -0.15) is 5.26 Å². The van der Waals surface area contributed by atoms with Crippen LogP contribution in [0.4, 0.5) is 16.0 Å². The molecule has 4 aromatic rings. The number of nitriles is 1. The fraction of sp³-hybridized carbons (Fsp3) is 0.226. The fourth-order valence-corrected chi connectivity index (χ4v) is 6.59. The molecule has 2 aliphatic carbocycles. The highest BCUT2D eigenvalue weighted by molar-refractivity contribution is 6.35. The van der Waals surface area contributed by atoms with Crippen LogP contribution in [0, 0.1) is 17.1 Å². The second kappa shape index (κ2) is 10.4. The summed E-state index contributed by atoms with van der Waals surface area (Å²) < 4.78 is 15.7. The lowest BCUT2D eigenvalue weighted by molar-refractivity contribution is -0.125. The first-order valence-corrected chi connectivity index (χ1v) is 14.7. The second-order valence-electron chi connectivity index (χ2n) is 11.2. The molecule has 2 aromatic carbocycles. The lowest BCUT2D eigenvalue weighted by Crippen LogP contribution is -2.54. The Morgan fingerprint density at radius 2 is 1.89 bits per heavy atom. The maximum atomic E-state index is 14.3. The van der Waals surface area contributed by atoms with Gasteiger partial charge in [0.1, 0.15) is 11.7 Å². The molecule has 2 atom stereocenters. The minimum Gasteiger partial charge on any atom is -0.394 e. The highest BCUT2D eigenvalue weighted by Gasteiger charge is 2.60. The molecule has 3 heterocycles. The Labute approximate surface area is 265 Å². The van der Waals surface area contributed by atoms with Gasteiger partial charge in [0.05, 0.1) is 51.4 Å². The van der Waals surface area contributed by atoms with E-state index in [9.17, 15) is 29.1 Å². The number of carbonyl (C=O) groups excluding carboxylic acids is 3. The molecule has 2 aromatic heterocycles. The van der Waals surface area contributed by atoms with Gasteiger partial charge in [0.25, 0.3) is 11.8 Å². The number of nitrogens with one attached hydrogen (secondary N) is 2. The first-order valence-electron chi connectivity index (χ1n) is 13.9. The summed E-state index contributed by atoms with van der Waals surface area (Å²) in [4.78, 5) is 51.3. The van der Waals surface area contributed by atoms with Crippen molar-refractivity contribution in [2.24, 2.45) is 0 Å². The smallest absolute Gasteiger partial charge is 0.270 e. The molecule has 1 fully saturated rings. The Morgan fingerprint density at radius 1 is 1.13 bits per heavy atom. The number of aliphatic hydroxyl groups excluding tert-OH is 1. The standard InChI is InChI=1S/C31H22Cl2FN7O4/c32-20-10-18(11-21(33)25(20)34)40-28(45)31(12-17-5-4-16(13-35)9-19(17)31)41-23(14-37-29(40)41)27(44)38-22(15-42)26(43)39-30(6-7-30)24-3-1-2-8-36-24/h1-5,8-11,14,22,42H,6-7,12,15H2,(H,38,44)(H,39,43)/t22-,31-/m0/s1. The molecule has 7 rings (SSSR count). The summed E-state index contributed by atoms with van der Waals surface area (Å²) in [5.74, 6) is -2.74. The molecule has 11 nitrogen and oxygen atoms in total.